The van der Waals surface area contributed by atoms with Gasteiger partial charge in [0.05, 0.1) is 13.0 Å². The highest BCUT2D eigenvalue weighted by atomic mass is 19.1. The SMILES string of the molecule is O=C(O)CC1COc2cc(OC3CCc4c(Oc5ccc(CN6CCCC6)cc5)ccc(F)c43)ccc21. The lowest BCUT2D eigenvalue weighted by Crippen LogP contribution is -2.18. The van der Waals surface area contributed by atoms with Gasteiger partial charge >= 0.3 is 5.97 Å². The Kier molecular flexibility index (Phi) is 6.47. The average Bonchev–Trinajstić information content (AvgIpc) is 3.63. The van der Waals surface area contributed by atoms with Crippen LogP contribution in [-0.4, -0.2) is 35.7 Å². The summed E-state index contributed by atoms with van der Waals surface area (Å²) in [6.07, 6.45) is 3.43. The van der Waals surface area contributed by atoms with Gasteiger partial charge in [0.15, 0.2) is 0 Å². The number of hydrogen-bond acceptors (Lipinski definition) is 5. The monoisotopic (exact) mass is 503 g/mol. The molecule has 3 aromatic rings. The first-order valence-electron chi connectivity index (χ1n) is 13.0. The van der Waals surface area contributed by atoms with Gasteiger partial charge in [0, 0.05) is 35.2 Å². The standard InChI is InChI=1S/C30H30FNO5/c31-25-10-12-26(36-21-5-3-19(4-6-21)17-32-13-1-2-14-32)24-9-11-27(30(24)25)37-22-7-8-23-20(15-29(33)34)18-35-28(23)16-22/h3-8,10,12,16,20,27H,1-2,9,11,13-15,17-18H2,(H,33,34). The van der Waals surface area contributed by atoms with Gasteiger partial charge in [-0.2, -0.15) is 0 Å². The highest BCUT2D eigenvalue weighted by Crippen LogP contribution is 2.44. The molecule has 1 fully saturated rings. The van der Waals surface area contributed by atoms with Crippen molar-refractivity contribution in [2.45, 2.75) is 50.7 Å². The van der Waals surface area contributed by atoms with Crippen molar-refractivity contribution in [2.24, 2.45) is 0 Å². The summed E-state index contributed by atoms with van der Waals surface area (Å²) in [7, 11) is 0. The van der Waals surface area contributed by atoms with Crippen molar-refractivity contribution < 1.29 is 28.5 Å². The Labute approximate surface area is 215 Å². The molecule has 3 aliphatic rings. The van der Waals surface area contributed by atoms with Gasteiger partial charge in [0.25, 0.3) is 0 Å². The number of ether oxygens (including phenoxy) is 3. The summed E-state index contributed by atoms with van der Waals surface area (Å²) in [4.78, 5) is 13.6. The molecule has 7 heteroatoms. The number of rotatable bonds is 8. The molecule has 0 radical (unpaired) electrons. The van der Waals surface area contributed by atoms with Crippen molar-refractivity contribution in [3.8, 4) is 23.0 Å². The lowest BCUT2D eigenvalue weighted by Gasteiger charge is -2.18. The predicted octanol–water partition coefficient (Wildman–Crippen LogP) is 6.23. The fraction of sp³-hybridized carbons (Fsp3) is 0.367. The maximum Gasteiger partial charge on any atom is 0.304 e. The second-order valence-electron chi connectivity index (χ2n) is 10.1. The van der Waals surface area contributed by atoms with Gasteiger partial charge in [-0.25, -0.2) is 4.39 Å². The molecule has 1 aliphatic carbocycles. The lowest BCUT2D eigenvalue weighted by atomic mass is 9.98. The van der Waals surface area contributed by atoms with E-state index in [1.165, 1.54) is 24.5 Å². The topological polar surface area (TPSA) is 68.2 Å². The highest BCUT2D eigenvalue weighted by Gasteiger charge is 2.32. The molecule has 2 atom stereocenters. The Morgan fingerprint density at radius 1 is 1.05 bits per heavy atom. The van der Waals surface area contributed by atoms with Crippen LogP contribution in [-0.2, 0) is 17.8 Å². The first-order valence-corrected chi connectivity index (χ1v) is 13.0. The highest BCUT2D eigenvalue weighted by molar-refractivity contribution is 5.68. The van der Waals surface area contributed by atoms with Crippen LogP contribution in [0, 0.1) is 5.82 Å². The van der Waals surface area contributed by atoms with E-state index in [-0.39, 0.29) is 18.2 Å². The molecule has 0 amide bonds. The van der Waals surface area contributed by atoms with Gasteiger partial charge in [-0.15, -0.1) is 0 Å². The molecule has 0 saturated carbocycles. The van der Waals surface area contributed by atoms with Crippen molar-refractivity contribution in [3.63, 3.8) is 0 Å². The van der Waals surface area contributed by atoms with E-state index in [1.54, 1.807) is 12.1 Å². The van der Waals surface area contributed by atoms with Crippen LogP contribution in [0.1, 0.15) is 60.0 Å². The van der Waals surface area contributed by atoms with Crippen LogP contribution in [0.4, 0.5) is 4.39 Å². The van der Waals surface area contributed by atoms with E-state index in [0.29, 0.717) is 42.3 Å². The number of nitrogens with zero attached hydrogens (tertiary/aromatic N) is 1. The molecule has 2 aliphatic heterocycles. The summed E-state index contributed by atoms with van der Waals surface area (Å²) in [5.41, 5.74) is 3.51. The molecular formula is C30H30FNO5. The number of carbonyl (C=O) groups is 1. The van der Waals surface area contributed by atoms with Crippen LogP contribution in [0.15, 0.2) is 54.6 Å². The summed E-state index contributed by atoms with van der Waals surface area (Å²) in [6.45, 7) is 3.62. The zero-order chi connectivity index (χ0) is 25.4. The smallest absolute Gasteiger partial charge is 0.304 e. The van der Waals surface area contributed by atoms with E-state index in [9.17, 15) is 9.18 Å². The lowest BCUT2D eigenvalue weighted by molar-refractivity contribution is -0.137. The van der Waals surface area contributed by atoms with Crippen molar-refractivity contribution in [1.82, 2.24) is 4.90 Å². The maximum atomic E-state index is 15.0. The quantitative estimate of drug-likeness (QED) is 0.393. The molecule has 6 nitrogen and oxygen atoms in total. The fourth-order valence-corrected chi connectivity index (χ4v) is 5.72. The van der Waals surface area contributed by atoms with Gasteiger partial charge in [0.1, 0.15) is 34.9 Å². The number of aliphatic carboxylic acids is 1. The molecule has 0 aromatic heterocycles. The van der Waals surface area contributed by atoms with E-state index in [2.05, 4.69) is 17.0 Å². The summed E-state index contributed by atoms with van der Waals surface area (Å²) in [6, 6.07) is 16.7. The second-order valence-corrected chi connectivity index (χ2v) is 10.1. The first-order chi connectivity index (χ1) is 18.0. The van der Waals surface area contributed by atoms with Crippen LogP contribution in [0.25, 0.3) is 0 Å². The minimum absolute atomic E-state index is 0.0262. The largest absolute Gasteiger partial charge is 0.492 e. The molecule has 37 heavy (non-hydrogen) atoms. The average molecular weight is 504 g/mol. The van der Waals surface area contributed by atoms with Crippen LogP contribution in [0.5, 0.6) is 23.0 Å². The fourth-order valence-electron chi connectivity index (χ4n) is 5.72. The second kappa shape index (κ2) is 10.1. The van der Waals surface area contributed by atoms with Gasteiger partial charge < -0.3 is 19.3 Å². The third kappa shape index (κ3) is 5.01. The molecule has 6 rings (SSSR count). The van der Waals surface area contributed by atoms with Gasteiger partial charge in [-0.3, -0.25) is 9.69 Å². The van der Waals surface area contributed by atoms with E-state index >= 15 is 0 Å². The third-order valence-electron chi connectivity index (χ3n) is 7.56. The van der Waals surface area contributed by atoms with Crippen LogP contribution in [0.3, 0.4) is 0 Å². The Hall–Kier alpha value is -3.58. The van der Waals surface area contributed by atoms with Gasteiger partial charge in [-0.1, -0.05) is 18.2 Å². The number of fused-ring (bicyclic) bond motifs is 2. The van der Waals surface area contributed by atoms with E-state index < -0.39 is 12.1 Å². The van der Waals surface area contributed by atoms with Crippen molar-refractivity contribution in [2.75, 3.05) is 19.7 Å². The summed E-state index contributed by atoms with van der Waals surface area (Å²) < 4.78 is 33.1. The summed E-state index contributed by atoms with van der Waals surface area (Å²) >= 11 is 0. The van der Waals surface area contributed by atoms with Crippen molar-refractivity contribution in [3.05, 3.63) is 82.7 Å². The Morgan fingerprint density at radius 3 is 2.62 bits per heavy atom. The van der Waals surface area contributed by atoms with Crippen LogP contribution < -0.4 is 14.2 Å². The van der Waals surface area contributed by atoms with E-state index in [1.807, 2.05) is 24.3 Å². The zero-order valence-corrected chi connectivity index (χ0v) is 20.6. The minimum atomic E-state index is -0.851. The van der Waals surface area contributed by atoms with Crippen LogP contribution >= 0.6 is 0 Å². The van der Waals surface area contributed by atoms with Crippen molar-refractivity contribution >= 4 is 5.97 Å². The molecule has 0 spiro atoms. The Morgan fingerprint density at radius 2 is 1.84 bits per heavy atom. The number of likely N-dealkylation sites (tertiary alicyclic amines) is 1. The summed E-state index contributed by atoms with van der Waals surface area (Å²) in [5.74, 6) is 1.28. The third-order valence-corrected chi connectivity index (χ3v) is 7.56. The zero-order valence-electron chi connectivity index (χ0n) is 20.6. The molecule has 3 aromatic carbocycles. The van der Waals surface area contributed by atoms with Gasteiger partial charge in [-0.05, 0) is 74.7 Å². The van der Waals surface area contributed by atoms with Crippen LogP contribution in [0.2, 0.25) is 0 Å². The minimum Gasteiger partial charge on any atom is -0.492 e. The molecule has 0 bridgehead atoms. The summed E-state index contributed by atoms with van der Waals surface area (Å²) in [5, 5.41) is 9.11. The molecular weight excluding hydrogens is 473 g/mol. The number of carboxylic acid groups (broad SMARTS) is 1. The number of halogens is 1. The van der Waals surface area contributed by atoms with E-state index in [0.717, 1.165) is 36.5 Å². The molecule has 2 heterocycles. The first kappa shape index (κ1) is 23.8. The van der Waals surface area contributed by atoms with Gasteiger partial charge in [0.2, 0.25) is 0 Å². The molecule has 2 unspecified atom stereocenters. The number of carboxylic acids is 1. The van der Waals surface area contributed by atoms with E-state index in [4.69, 9.17) is 19.3 Å². The Balaban J connectivity index is 1.16. The molecule has 1 saturated heterocycles. The normalized spacial score (nSPS) is 20.4. The maximum absolute atomic E-state index is 15.0. The predicted molar refractivity (Wildman–Crippen MR) is 136 cm³/mol. The number of hydrogen-bond donors (Lipinski definition) is 1. The van der Waals surface area contributed by atoms with Crippen molar-refractivity contribution in [1.29, 1.82) is 0 Å². The molecule has 192 valence electrons. The molecule has 1 N–H and O–H groups in total. The number of benzene rings is 3. The Bertz CT molecular complexity index is 1300.